The predicted molar refractivity (Wildman–Crippen MR) is 23.7 cm³/mol. The van der Waals surface area contributed by atoms with Gasteiger partial charge in [0.1, 0.15) is 0 Å². The molecule has 1 amide bonds. The third-order valence-electron chi connectivity index (χ3n) is 0.287. The Morgan fingerprint density at radius 2 is 2.50 bits per heavy atom. The van der Waals surface area contributed by atoms with E-state index in [-0.39, 0.29) is 0 Å². The van der Waals surface area contributed by atoms with Crippen LogP contribution in [-0.4, -0.2) is 21.6 Å². The van der Waals surface area contributed by atoms with Crippen LogP contribution in [0.1, 0.15) is 0 Å². The zero-order valence-electron chi connectivity index (χ0n) is 3.60. The van der Waals surface area contributed by atoms with Gasteiger partial charge in [0, 0.05) is 0 Å². The van der Waals surface area contributed by atoms with Gasteiger partial charge in [-0.15, -0.1) is 0 Å². The Morgan fingerprint density at radius 1 is 2.00 bits per heavy atom. The first kappa shape index (κ1) is 5.80. The van der Waals surface area contributed by atoms with E-state index in [9.17, 15) is 4.79 Å². The molecular weight excluding hydrogens is 97.0 g/mol. The molecule has 0 atom stereocenters. The van der Waals surface area contributed by atoms with Crippen molar-refractivity contribution in [1.82, 2.24) is 0 Å². The number of primary amides is 1. The Hall–Kier alpha value is -0.198. The molecular formula is C2H6AlNO2. The number of amides is 1. The minimum Gasteiger partial charge on any atom is -0.603 e. The van der Waals surface area contributed by atoms with Gasteiger partial charge in [0.2, 0.25) is 0 Å². The molecule has 0 heterocycles. The van der Waals surface area contributed by atoms with Gasteiger partial charge in [0.05, 0.1) is 0 Å². The zero-order chi connectivity index (χ0) is 4.99. The second-order valence-corrected chi connectivity index (χ2v) is 1.62. The van der Waals surface area contributed by atoms with Crippen molar-refractivity contribution in [3.63, 3.8) is 0 Å². The van der Waals surface area contributed by atoms with Crippen molar-refractivity contribution in [3.8, 4) is 0 Å². The van der Waals surface area contributed by atoms with E-state index in [0.29, 0.717) is 0 Å². The molecule has 0 saturated heterocycles. The molecule has 0 aliphatic heterocycles. The summed E-state index contributed by atoms with van der Waals surface area (Å²) < 4.78 is 4.32. The molecule has 6 heavy (non-hydrogen) atoms. The summed E-state index contributed by atoms with van der Waals surface area (Å²) in [4.78, 5) is 9.63. The van der Waals surface area contributed by atoms with E-state index < -0.39 is 21.6 Å². The average molecular weight is 103 g/mol. The third kappa shape index (κ3) is 3.80. The van der Waals surface area contributed by atoms with Crippen LogP contribution in [0.25, 0.3) is 0 Å². The molecule has 0 spiro atoms. The molecule has 0 saturated carbocycles. The van der Waals surface area contributed by atoms with Gasteiger partial charge < -0.3 is 9.52 Å². The number of hydrogen-bond donors (Lipinski definition) is 1. The van der Waals surface area contributed by atoms with Crippen LogP contribution in [0.2, 0.25) is 5.79 Å². The lowest BCUT2D eigenvalue weighted by molar-refractivity contribution is 0.213. The summed E-state index contributed by atoms with van der Waals surface area (Å²) in [6.07, 6.45) is -0.649. The van der Waals surface area contributed by atoms with Gasteiger partial charge in [-0.2, -0.15) is 0 Å². The van der Waals surface area contributed by atoms with Gasteiger partial charge in [-0.05, 0) is 0 Å². The molecule has 3 nitrogen and oxygen atoms in total. The maximum atomic E-state index is 9.63. The van der Waals surface area contributed by atoms with Crippen LogP contribution in [0, 0.1) is 0 Å². The number of carbonyl (C=O) groups excluding carboxylic acids is 1. The van der Waals surface area contributed by atoms with Crippen molar-refractivity contribution < 1.29 is 8.58 Å². The number of nitrogens with two attached hydrogens (primary N) is 1. The summed E-state index contributed by atoms with van der Waals surface area (Å²) in [7, 11) is 0. The normalized spacial score (nSPS) is 6.83. The van der Waals surface area contributed by atoms with E-state index >= 15 is 0 Å². The molecule has 0 fully saturated rings. The molecule has 0 rings (SSSR count). The van der Waals surface area contributed by atoms with Crippen LogP contribution in [0.5, 0.6) is 0 Å². The fourth-order valence-corrected chi connectivity index (χ4v) is 0.427. The minimum absolute atomic E-state index is 0.608. The Morgan fingerprint density at radius 3 is 2.50 bits per heavy atom. The molecule has 2 N–H and O–H groups in total. The Balaban J connectivity index is 2.83. The van der Waals surface area contributed by atoms with Gasteiger partial charge in [0.15, 0.2) is 0 Å². The topological polar surface area (TPSA) is 52.3 Å². The van der Waals surface area contributed by atoms with E-state index in [1.165, 1.54) is 0 Å². The van der Waals surface area contributed by atoms with Gasteiger partial charge in [-0.3, -0.25) is 0 Å². The van der Waals surface area contributed by atoms with Crippen LogP contribution < -0.4 is 5.73 Å². The van der Waals surface area contributed by atoms with Crippen molar-refractivity contribution in [2.75, 3.05) is 0 Å². The molecule has 0 unspecified atom stereocenters. The SMILES string of the molecule is [CH3][AlH][O]C(N)=O. The van der Waals surface area contributed by atoms with Crippen LogP contribution >= 0.6 is 0 Å². The second-order valence-electron chi connectivity index (χ2n) is 0.752. The second kappa shape index (κ2) is 3.01. The highest BCUT2D eigenvalue weighted by Crippen LogP contribution is 1.63. The Bertz CT molecular complexity index is 55.5. The Kier molecular flexibility index (Phi) is 2.91. The number of hydrogen-bond acceptors (Lipinski definition) is 2. The monoisotopic (exact) mass is 103 g/mol. The summed E-state index contributed by atoms with van der Waals surface area (Å²) in [6.45, 7) is 0. The lowest BCUT2D eigenvalue weighted by Gasteiger charge is -1.89. The summed E-state index contributed by atoms with van der Waals surface area (Å²) in [5.74, 6) is 1.84. The Labute approximate surface area is 42.5 Å². The van der Waals surface area contributed by atoms with E-state index in [1.54, 1.807) is 0 Å². The molecule has 0 radical (unpaired) electrons. The van der Waals surface area contributed by atoms with E-state index in [2.05, 4.69) is 9.52 Å². The van der Waals surface area contributed by atoms with Gasteiger partial charge in [-0.1, -0.05) is 5.79 Å². The smallest absolute Gasteiger partial charge is 0.522 e. The molecule has 0 aliphatic carbocycles. The molecule has 0 aromatic heterocycles. The summed E-state index contributed by atoms with van der Waals surface area (Å²) in [5, 5.41) is 0. The third-order valence-corrected chi connectivity index (χ3v) is 0.860. The molecule has 34 valence electrons. The molecule has 0 aliphatic rings. The molecule has 0 aromatic carbocycles. The van der Waals surface area contributed by atoms with Gasteiger partial charge in [-0.25, -0.2) is 4.79 Å². The zero-order valence-corrected chi connectivity index (χ0v) is 5.02. The van der Waals surface area contributed by atoms with Gasteiger partial charge >= 0.3 is 21.6 Å². The maximum Gasteiger partial charge on any atom is 0.522 e. The van der Waals surface area contributed by atoms with Crippen molar-refractivity contribution >= 4 is 21.6 Å². The van der Waals surface area contributed by atoms with E-state index in [4.69, 9.17) is 0 Å². The van der Waals surface area contributed by atoms with Crippen molar-refractivity contribution in [1.29, 1.82) is 0 Å². The minimum atomic E-state index is -0.649. The molecule has 0 bridgehead atoms. The largest absolute Gasteiger partial charge is 0.603 e. The first-order valence-electron chi connectivity index (χ1n) is 1.69. The number of carbonyl (C=O) groups is 1. The highest BCUT2D eigenvalue weighted by Gasteiger charge is 1.86. The quantitative estimate of drug-likeness (QED) is 0.454. The van der Waals surface area contributed by atoms with E-state index in [1.807, 2.05) is 5.79 Å². The highest BCUT2D eigenvalue weighted by atomic mass is 27.1. The maximum absolute atomic E-state index is 9.63. The standard InChI is InChI=1S/CH3NO2.CH3.Al.H/c2-1(3)4;;;/h2H2,(H,3,4);1H3;;/q;;+1;/p-1. The van der Waals surface area contributed by atoms with Crippen molar-refractivity contribution in [2.24, 2.45) is 5.73 Å². The first-order valence-corrected chi connectivity index (χ1v) is 3.68. The van der Waals surface area contributed by atoms with E-state index in [0.717, 1.165) is 0 Å². The predicted octanol–water partition coefficient (Wildman–Crippen LogP) is -0.519. The fraction of sp³-hybridized carbons (Fsp3) is 0.500. The molecule has 4 heteroatoms. The van der Waals surface area contributed by atoms with Crippen LogP contribution in [-0.2, 0) is 3.79 Å². The van der Waals surface area contributed by atoms with Crippen molar-refractivity contribution in [2.45, 2.75) is 5.79 Å². The molecule has 0 aromatic rings. The fourth-order valence-electron chi connectivity index (χ4n) is 0.142. The van der Waals surface area contributed by atoms with Gasteiger partial charge in [0.25, 0.3) is 0 Å². The summed E-state index contributed by atoms with van der Waals surface area (Å²) in [6, 6.07) is 0. The highest BCUT2D eigenvalue weighted by molar-refractivity contribution is 6.28. The van der Waals surface area contributed by atoms with Crippen LogP contribution in [0.3, 0.4) is 0 Å². The van der Waals surface area contributed by atoms with Crippen molar-refractivity contribution in [3.05, 3.63) is 0 Å². The summed E-state index contributed by atoms with van der Waals surface area (Å²) >= 11 is -0.608. The number of rotatable bonds is 1. The average Bonchev–Trinajstić information content (AvgIpc) is 1.35. The summed E-state index contributed by atoms with van der Waals surface area (Å²) in [5.41, 5.74) is 4.58. The lowest BCUT2D eigenvalue weighted by Crippen LogP contribution is -2.13. The van der Waals surface area contributed by atoms with Crippen LogP contribution in [0.4, 0.5) is 4.79 Å². The first-order chi connectivity index (χ1) is 2.77. The lowest BCUT2D eigenvalue weighted by atomic mass is 11.3. The van der Waals surface area contributed by atoms with Crippen LogP contribution in [0.15, 0.2) is 0 Å².